The third-order valence-corrected chi connectivity index (χ3v) is 7.37. The summed E-state index contributed by atoms with van der Waals surface area (Å²) in [5.74, 6) is -2.88. The molecule has 1 saturated carbocycles. The van der Waals surface area contributed by atoms with Gasteiger partial charge >= 0.3 is 6.18 Å². The summed E-state index contributed by atoms with van der Waals surface area (Å²) in [6, 6.07) is 5.75. The number of hydrogen-bond donors (Lipinski definition) is 3. The molecular weight excluding hydrogens is 570 g/mol. The SMILES string of the molecule is [B]C(O)(O)n1cc(C(F)(F)F)nc1-c1ccc2c(c1)OCCOc1ncnc(C3CC3)c1-c1cc(c(OC)cn1)C2(C)O. The van der Waals surface area contributed by atoms with Gasteiger partial charge in [-0.25, -0.2) is 15.0 Å². The third-order valence-electron chi connectivity index (χ3n) is 7.37. The first-order chi connectivity index (χ1) is 20.3. The third kappa shape index (κ3) is 5.28. The van der Waals surface area contributed by atoms with Crippen molar-refractivity contribution in [3.8, 4) is 40.0 Å². The molecule has 43 heavy (non-hydrogen) atoms. The Labute approximate surface area is 244 Å². The van der Waals surface area contributed by atoms with E-state index in [1.165, 1.54) is 44.8 Å². The van der Waals surface area contributed by atoms with E-state index >= 15 is 0 Å². The number of imidazole rings is 1. The molecule has 1 atom stereocenters. The molecule has 1 aromatic carbocycles. The van der Waals surface area contributed by atoms with Crippen molar-refractivity contribution in [3.05, 3.63) is 65.5 Å². The Bertz CT molecular complexity index is 1700. The fraction of sp³-hybridized carbons (Fsp3) is 0.357. The van der Waals surface area contributed by atoms with Gasteiger partial charge < -0.3 is 29.5 Å². The number of methoxy groups -OCH3 is 1. The molecule has 3 N–H and O–H groups in total. The molecule has 1 fully saturated rings. The average molecular weight is 595 g/mol. The lowest BCUT2D eigenvalue weighted by molar-refractivity contribution is -0.153. The van der Waals surface area contributed by atoms with E-state index < -0.39 is 29.1 Å². The summed E-state index contributed by atoms with van der Waals surface area (Å²) in [5.41, 5.74) is -0.812. The second kappa shape index (κ2) is 10.2. The molecule has 4 heterocycles. The molecule has 2 aliphatic rings. The maximum absolute atomic E-state index is 13.5. The van der Waals surface area contributed by atoms with Crippen LogP contribution in [0.1, 0.15) is 48.2 Å². The number of benzene rings is 1. The van der Waals surface area contributed by atoms with Gasteiger partial charge in [0.15, 0.2) is 19.4 Å². The minimum atomic E-state index is -4.89. The Balaban J connectivity index is 1.53. The van der Waals surface area contributed by atoms with Crippen LogP contribution >= 0.6 is 0 Å². The molecule has 1 aliphatic heterocycles. The number of rotatable bonds is 4. The van der Waals surface area contributed by atoms with Crippen LogP contribution in [-0.4, -0.2) is 68.0 Å². The van der Waals surface area contributed by atoms with Gasteiger partial charge in [0, 0.05) is 28.8 Å². The summed E-state index contributed by atoms with van der Waals surface area (Å²) < 4.78 is 58.4. The van der Waals surface area contributed by atoms with Crippen molar-refractivity contribution in [3.63, 3.8) is 0 Å². The van der Waals surface area contributed by atoms with Gasteiger partial charge in [0.05, 0.1) is 30.3 Å². The van der Waals surface area contributed by atoms with Crippen LogP contribution in [0.15, 0.2) is 43.0 Å². The number of aromatic nitrogens is 5. The molecule has 6 rings (SSSR count). The minimum absolute atomic E-state index is 0.00877. The smallest absolute Gasteiger partial charge is 0.434 e. The lowest BCUT2D eigenvalue weighted by Crippen LogP contribution is -2.33. The number of ether oxygens (including phenoxy) is 3. The zero-order valence-electron chi connectivity index (χ0n) is 23.0. The monoisotopic (exact) mass is 595 g/mol. The number of nitrogens with zero attached hydrogens (tertiary/aromatic N) is 5. The maximum Gasteiger partial charge on any atom is 0.434 e. The van der Waals surface area contributed by atoms with Gasteiger partial charge in [-0.2, -0.15) is 13.2 Å². The van der Waals surface area contributed by atoms with Crippen LogP contribution in [0.5, 0.6) is 17.4 Å². The standard InChI is InChI=1S/C28H25BF3N5O6/c1-26(38)16-6-5-15(24-36-21(27(30,31)32)12-37(24)28(29,39)40)9-19(16)42-7-8-43-25-22(23(14-3-4-14)34-13-35-25)18-10-17(26)20(41-2)11-33-18/h5-6,9-14,38-40H,3-4,7-8H2,1-2H3. The average Bonchev–Trinajstić information content (AvgIpc) is 3.69. The molecule has 0 amide bonds. The number of pyridine rings is 1. The molecule has 1 aliphatic carbocycles. The Morgan fingerprint density at radius 2 is 1.81 bits per heavy atom. The fourth-order valence-electron chi connectivity index (χ4n) is 5.11. The van der Waals surface area contributed by atoms with Gasteiger partial charge in [-0.05, 0) is 31.9 Å². The molecule has 0 saturated heterocycles. The van der Waals surface area contributed by atoms with Gasteiger partial charge in [-0.3, -0.25) is 9.55 Å². The first kappa shape index (κ1) is 28.9. The Morgan fingerprint density at radius 3 is 2.49 bits per heavy atom. The second-order valence-electron chi connectivity index (χ2n) is 10.5. The molecule has 2 bridgehead atoms. The summed E-state index contributed by atoms with van der Waals surface area (Å²) in [6.07, 6.45) is 0.296. The molecule has 4 aromatic rings. The first-order valence-electron chi connectivity index (χ1n) is 13.2. The van der Waals surface area contributed by atoms with E-state index in [0.29, 0.717) is 27.6 Å². The van der Waals surface area contributed by atoms with E-state index in [2.05, 4.69) is 19.9 Å². The van der Waals surface area contributed by atoms with E-state index in [1.54, 1.807) is 6.07 Å². The first-order valence-corrected chi connectivity index (χ1v) is 13.2. The molecule has 222 valence electrons. The van der Waals surface area contributed by atoms with Gasteiger partial charge in [0.2, 0.25) is 5.88 Å². The molecule has 1 unspecified atom stereocenters. The van der Waals surface area contributed by atoms with E-state index in [0.717, 1.165) is 18.5 Å². The van der Waals surface area contributed by atoms with Gasteiger partial charge in [-0.1, -0.05) is 12.1 Å². The summed E-state index contributed by atoms with van der Waals surface area (Å²) in [5, 5.41) is 32.0. The normalized spacial score (nSPS) is 18.8. The summed E-state index contributed by atoms with van der Waals surface area (Å²) in [7, 11) is 6.76. The van der Waals surface area contributed by atoms with Crippen LogP contribution in [-0.2, 0) is 17.6 Å². The van der Waals surface area contributed by atoms with Crippen molar-refractivity contribution in [2.75, 3.05) is 20.3 Å². The highest BCUT2D eigenvalue weighted by Gasteiger charge is 2.39. The van der Waals surface area contributed by atoms with E-state index in [4.69, 9.17) is 22.1 Å². The van der Waals surface area contributed by atoms with E-state index in [-0.39, 0.29) is 47.6 Å². The largest absolute Gasteiger partial charge is 0.495 e. The topological polar surface area (TPSA) is 145 Å². The highest BCUT2D eigenvalue weighted by atomic mass is 19.4. The van der Waals surface area contributed by atoms with E-state index in [9.17, 15) is 28.5 Å². The molecular formula is C28H25BF3N5O6. The molecule has 0 spiro atoms. The Morgan fingerprint density at radius 1 is 1.07 bits per heavy atom. The van der Waals surface area contributed by atoms with Crippen molar-refractivity contribution in [1.82, 2.24) is 24.5 Å². The van der Waals surface area contributed by atoms with Crippen molar-refractivity contribution in [2.45, 2.75) is 43.3 Å². The molecule has 15 heteroatoms. The molecule has 2 radical (unpaired) electrons. The van der Waals surface area contributed by atoms with Crippen LogP contribution in [0.3, 0.4) is 0 Å². The van der Waals surface area contributed by atoms with Crippen molar-refractivity contribution >= 4 is 7.85 Å². The Kier molecular flexibility index (Phi) is 6.86. The van der Waals surface area contributed by atoms with Crippen LogP contribution in [0.2, 0.25) is 0 Å². The predicted octanol–water partition coefficient (Wildman–Crippen LogP) is 3.05. The van der Waals surface area contributed by atoms with Crippen LogP contribution < -0.4 is 14.2 Å². The van der Waals surface area contributed by atoms with Crippen LogP contribution in [0.4, 0.5) is 13.2 Å². The maximum atomic E-state index is 13.5. The number of alkyl halides is 3. The lowest BCUT2D eigenvalue weighted by Gasteiger charge is -2.29. The Hall–Kier alpha value is -4.21. The number of aliphatic hydroxyl groups is 3. The van der Waals surface area contributed by atoms with Crippen molar-refractivity contribution < 1.29 is 42.7 Å². The molecule has 11 nitrogen and oxygen atoms in total. The summed E-state index contributed by atoms with van der Waals surface area (Å²) >= 11 is 0. The van der Waals surface area contributed by atoms with Crippen molar-refractivity contribution in [1.29, 1.82) is 0 Å². The summed E-state index contributed by atoms with van der Waals surface area (Å²) in [4.78, 5) is 16.9. The number of halogens is 3. The zero-order valence-corrected chi connectivity index (χ0v) is 23.0. The van der Waals surface area contributed by atoms with Crippen LogP contribution in [0, 0.1) is 0 Å². The number of hydrogen-bond acceptors (Lipinski definition) is 10. The predicted molar refractivity (Wildman–Crippen MR) is 144 cm³/mol. The highest BCUT2D eigenvalue weighted by Crippen LogP contribution is 2.47. The minimum Gasteiger partial charge on any atom is -0.495 e. The lowest BCUT2D eigenvalue weighted by atomic mass is 9.85. The quantitative estimate of drug-likeness (QED) is 0.238. The highest BCUT2D eigenvalue weighted by molar-refractivity contribution is 6.11. The van der Waals surface area contributed by atoms with Gasteiger partial charge in [0.25, 0.3) is 0 Å². The fourth-order valence-corrected chi connectivity index (χ4v) is 5.11. The zero-order chi connectivity index (χ0) is 30.7. The van der Waals surface area contributed by atoms with Crippen LogP contribution in [0.25, 0.3) is 22.6 Å². The molecule has 3 aromatic heterocycles. The van der Waals surface area contributed by atoms with Gasteiger partial charge in [-0.15, -0.1) is 0 Å². The van der Waals surface area contributed by atoms with Gasteiger partial charge in [0.1, 0.15) is 42.5 Å². The summed E-state index contributed by atoms with van der Waals surface area (Å²) in [6.45, 7) is 1.46. The number of fused-ring (bicyclic) bond motifs is 5. The van der Waals surface area contributed by atoms with Crippen molar-refractivity contribution in [2.24, 2.45) is 0 Å². The second-order valence-corrected chi connectivity index (χ2v) is 10.5. The van der Waals surface area contributed by atoms with E-state index in [1.807, 2.05) is 0 Å².